The van der Waals surface area contributed by atoms with Gasteiger partial charge in [-0.3, -0.25) is 5.32 Å². The van der Waals surface area contributed by atoms with E-state index in [1.165, 1.54) is 12.1 Å². The van der Waals surface area contributed by atoms with Crippen LogP contribution in [0, 0.1) is 5.92 Å². The molecule has 1 amide bonds. The third kappa shape index (κ3) is 4.55. The monoisotopic (exact) mass is 237 g/mol. The molecule has 0 saturated carbocycles. The molecular formula is C12H15NO4. The van der Waals surface area contributed by atoms with Crippen molar-refractivity contribution >= 4 is 17.7 Å². The molecule has 0 aliphatic heterocycles. The van der Waals surface area contributed by atoms with Gasteiger partial charge in [0.25, 0.3) is 0 Å². The van der Waals surface area contributed by atoms with E-state index in [4.69, 9.17) is 9.84 Å². The lowest BCUT2D eigenvalue weighted by atomic mass is 10.2. The molecule has 1 aromatic carbocycles. The van der Waals surface area contributed by atoms with Crippen LogP contribution in [0.3, 0.4) is 0 Å². The molecule has 2 N–H and O–H groups in total. The van der Waals surface area contributed by atoms with Crippen LogP contribution in [0.4, 0.5) is 10.5 Å². The van der Waals surface area contributed by atoms with Crippen LogP contribution in [-0.2, 0) is 4.74 Å². The van der Waals surface area contributed by atoms with Crippen LogP contribution in [0.25, 0.3) is 0 Å². The third-order valence-electron chi connectivity index (χ3n) is 1.90. The summed E-state index contributed by atoms with van der Waals surface area (Å²) in [4.78, 5) is 22.0. The fourth-order valence-corrected chi connectivity index (χ4v) is 1.13. The van der Waals surface area contributed by atoms with Crippen molar-refractivity contribution in [3.05, 3.63) is 29.8 Å². The zero-order valence-corrected chi connectivity index (χ0v) is 9.77. The molecule has 0 bridgehead atoms. The second kappa shape index (κ2) is 5.89. The minimum absolute atomic E-state index is 0.117. The highest BCUT2D eigenvalue weighted by atomic mass is 16.5. The van der Waals surface area contributed by atoms with Gasteiger partial charge in [-0.1, -0.05) is 19.9 Å². The third-order valence-corrected chi connectivity index (χ3v) is 1.90. The second-order valence-electron chi connectivity index (χ2n) is 4.00. The molecule has 0 aliphatic carbocycles. The van der Waals surface area contributed by atoms with Gasteiger partial charge in [-0.2, -0.15) is 0 Å². The van der Waals surface area contributed by atoms with E-state index in [0.29, 0.717) is 12.3 Å². The lowest BCUT2D eigenvalue weighted by Gasteiger charge is -2.08. The van der Waals surface area contributed by atoms with Crippen LogP contribution >= 0.6 is 0 Å². The van der Waals surface area contributed by atoms with E-state index >= 15 is 0 Å². The Bertz CT molecular complexity index is 415. The first-order valence-electron chi connectivity index (χ1n) is 5.26. The number of aromatic carboxylic acids is 1. The number of benzene rings is 1. The summed E-state index contributed by atoms with van der Waals surface area (Å²) in [5.41, 5.74) is 0.519. The van der Waals surface area contributed by atoms with Crippen LogP contribution in [0.15, 0.2) is 24.3 Å². The van der Waals surface area contributed by atoms with E-state index in [1.54, 1.807) is 12.1 Å². The molecule has 0 aromatic heterocycles. The van der Waals surface area contributed by atoms with Gasteiger partial charge >= 0.3 is 12.1 Å². The summed E-state index contributed by atoms with van der Waals surface area (Å²) in [5, 5.41) is 11.2. The van der Waals surface area contributed by atoms with E-state index in [1.807, 2.05) is 13.8 Å². The van der Waals surface area contributed by atoms with E-state index in [2.05, 4.69) is 5.32 Å². The molecule has 0 saturated heterocycles. The molecule has 0 heterocycles. The smallest absolute Gasteiger partial charge is 0.411 e. The molecule has 0 radical (unpaired) electrons. The predicted octanol–water partition coefficient (Wildman–Crippen LogP) is 2.59. The number of carbonyl (C=O) groups excluding carboxylic acids is 1. The maximum atomic E-state index is 11.3. The zero-order chi connectivity index (χ0) is 12.8. The van der Waals surface area contributed by atoms with Crippen LogP contribution < -0.4 is 5.32 Å². The summed E-state index contributed by atoms with van der Waals surface area (Å²) in [5.74, 6) is -0.782. The minimum Gasteiger partial charge on any atom is -0.478 e. The van der Waals surface area contributed by atoms with Crippen molar-refractivity contribution in [2.75, 3.05) is 11.9 Å². The van der Waals surface area contributed by atoms with Gasteiger partial charge in [0, 0.05) is 5.69 Å². The van der Waals surface area contributed by atoms with Crippen molar-refractivity contribution in [1.29, 1.82) is 0 Å². The van der Waals surface area contributed by atoms with Crippen molar-refractivity contribution in [2.45, 2.75) is 13.8 Å². The van der Waals surface area contributed by atoms with Crippen LogP contribution in [-0.4, -0.2) is 23.8 Å². The molecule has 5 nitrogen and oxygen atoms in total. The molecule has 0 unspecified atom stereocenters. The Morgan fingerprint density at radius 3 is 2.71 bits per heavy atom. The molecule has 17 heavy (non-hydrogen) atoms. The number of anilines is 1. The normalized spacial score (nSPS) is 10.1. The van der Waals surface area contributed by atoms with Crippen molar-refractivity contribution in [3.63, 3.8) is 0 Å². The number of carbonyl (C=O) groups is 2. The Morgan fingerprint density at radius 1 is 1.41 bits per heavy atom. The predicted molar refractivity (Wildman–Crippen MR) is 63.2 cm³/mol. The van der Waals surface area contributed by atoms with Crippen molar-refractivity contribution in [3.8, 4) is 0 Å². The SMILES string of the molecule is CC(C)COC(=O)Nc1cccc(C(=O)O)c1. The maximum Gasteiger partial charge on any atom is 0.411 e. The number of hydrogen-bond donors (Lipinski definition) is 2. The minimum atomic E-state index is -1.04. The first-order valence-corrected chi connectivity index (χ1v) is 5.26. The summed E-state index contributed by atoms with van der Waals surface area (Å²) in [6.45, 7) is 4.18. The average molecular weight is 237 g/mol. The lowest BCUT2D eigenvalue weighted by Crippen LogP contribution is -2.16. The van der Waals surface area contributed by atoms with E-state index < -0.39 is 12.1 Å². The largest absolute Gasteiger partial charge is 0.478 e. The van der Waals surface area contributed by atoms with Crippen LogP contribution in [0.1, 0.15) is 24.2 Å². The van der Waals surface area contributed by atoms with Crippen LogP contribution in [0.2, 0.25) is 0 Å². The first-order chi connectivity index (χ1) is 7.99. The number of carboxylic acid groups (broad SMARTS) is 1. The first kappa shape index (κ1) is 13.0. The summed E-state index contributed by atoms with van der Waals surface area (Å²) in [6.07, 6.45) is -0.582. The molecule has 92 valence electrons. The zero-order valence-electron chi connectivity index (χ0n) is 9.77. The van der Waals surface area contributed by atoms with Crippen molar-refractivity contribution in [1.82, 2.24) is 0 Å². The highest BCUT2D eigenvalue weighted by Gasteiger charge is 2.07. The molecule has 5 heteroatoms. The number of ether oxygens (including phenoxy) is 1. The number of amides is 1. The Morgan fingerprint density at radius 2 is 2.12 bits per heavy atom. The summed E-state index contributed by atoms with van der Waals surface area (Å²) >= 11 is 0. The van der Waals surface area contributed by atoms with Crippen molar-refractivity contribution in [2.24, 2.45) is 5.92 Å². The molecule has 0 atom stereocenters. The summed E-state index contributed by atoms with van der Waals surface area (Å²) < 4.78 is 4.91. The van der Waals surface area contributed by atoms with Gasteiger partial charge in [0.1, 0.15) is 0 Å². The number of carboxylic acids is 1. The van der Waals surface area contributed by atoms with Crippen LogP contribution in [0.5, 0.6) is 0 Å². The van der Waals surface area contributed by atoms with Gasteiger partial charge in [-0.25, -0.2) is 9.59 Å². The van der Waals surface area contributed by atoms with Gasteiger partial charge in [-0.05, 0) is 24.1 Å². The second-order valence-corrected chi connectivity index (χ2v) is 4.00. The molecular weight excluding hydrogens is 222 g/mol. The highest BCUT2D eigenvalue weighted by Crippen LogP contribution is 2.11. The molecule has 0 spiro atoms. The standard InChI is InChI=1S/C12H15NO4/c1-8(2)7-17-12(16)13-10-5-3-4-9(6-10)11(14)15/h3-6,8H,7H2,1-2H3,(H,13,16)(H,14,15). The number of hydrogen-bond acceptors (Lipinski definition) is 3. The Hall–Kier alpha value is -2.04. The van der Waals surface area contributed by atoms with Gasteiger partial charge < -0.3 is 9.84 Å². The molecule has 0 aliphatic rings. The molecule has 1 aromatic rings. The van der Waals surface area contributed by atoms with Gasteiger partial charge in [0.15, 0.2) is 0 Å². The summed E-state index contributed by atoms with van der Waals surface area (Å²) in [6, 6.07) is 5.98. The number of nitrogens with one attached hydrogen (secondary N) is 1. The van der Waals surface area contributed by atoms with Gasteiger partial charge in [-0.15, -0.1) is 0 Å². The average Bonchev–Trinajstić information content (AvgIpc) is 2.26. The number of rotatable bonds is 4. The van der Waals surface area contributed by atoms with Gasteiger partial charge in [0.05, 0.1) is 12.2 Å². The fourth-order valence-electron chi connectivity index (χ4n) is 1.13. The Labute approximate surface area is 99.4 Å². The van der Waals surface area contributed by atoms with Gasteiger partial charge in [0.2, 0.25) is 0 Å². The Kier molecular flexibility index (Phi) is 4.51. The summed E-state index contributed by atoms with van der Waals surface area (Å²) in [7, 11) is 0. The van der Waals surface area contributed by atoms with E-state index in [-0.39, 0.29) is 11.5 Å². The Balaban J connectivity index is 2.59. The van der Waals surface area contributed by atoms with Crippen molar-refractivity contribution < 1.29 is 19.4 Å². The topological polar surface area (TPSA) is 75.6 Å². The fraction of sp³-hybridized carbons (Fsp3) is 0.333. The lowest BCUT2D eigenvalue weighted by molar-refractivity contribution is 0.0696. The quantitative estimate of drug-likeness (QED) is 0.843. The van der Waals surface area contributed by atoms with E-state index in [0.717, 1.165) is 0 Å². The maximum absolute atomic E-state index is 11.3. The highest BCUT2D eigenvalue weighted by molar-refractivity contribution is 5.91. The molecule has 0 fully saturated rings. The van der Waals surface area contributed by atoms with E-state index in [9.17, 15) is 9.59 Å². The molecule has 1 rings (SSSR count).